The Bertz CT molecular complexity index is 402. The molecule has 1 aliphatic rings. The second-order valence-corrected chi connectivity index (χ2v) is 7.38. The molecule has 1 aliphatic heterocycles. The van der Waals surface area contributed by atoms with Crippen molar-refractivity contribution < 1.29 is 18.3 Å². The van der Waals surface area contributed by atoms with Crippen molar-refractivity contribution in [2.45, 2.75) is 32.7 Å². The van der Waals surface area contributed by atoms with Crippen LogP contribution in [0.15, 0.2) is 0 Å². The van der Waals surface area contributed by atoms with Crippen LogP contribution < -0.4 is 5.32 Å². The van der Waals surface area contributed by atoms with Crippen LogP contribution in [0.5, 0.6) is 0 Å². The van der Waals surface area contributed by atoms with Gasteiger partial charge < -0.3 is 10.4 Å². The van der Waals surface area contributed by atoms with E-state index in [1.54, 1.807) is 0 Å². The van der Waals surface area contributed by atoms with Crippen LogP contribution in [0.4, 0.5) is 0 Å². The normalized spacial score (nSPS) is 21.9. The molecule has 0 bridgehead atoms. The van der Waals surface area contributed by atoms with E-state index < -0.39 is 10.0 Å². The van der Waals surface area contributed by atoms with Crippen molar-refractivity contribution in [3.8, 4) is 0 Å². The number of hydrogen-bond acceptors (Lipinski definition) is 4. The maximum Gasteiger partial charge on any atom is 0.223 e. The Morgan fingerprint density at radius 1 is 1.37 bits per heavy atom. The highest BCUT2D eigenvalue weighted by Crippen LogP contribution is 2.19. The molecule has 0 spiro atoms. The van der Waals surface area contributed by atoms with E-state index in [4.69, 9.17) is 5.11 Å². The molecule has 1 saturated heterocycles. The summed E-state index contributed by atoms with van der Waals surface area (Å²) in [4.78, 5) is 12.0. The van der Waals surface area contributed by atoms with Gasteiger partial charge in [0.25, 0.3) is 0 Å². The quantitative estimate of drug-likeness (QED) is 0.734. The molecule has 2 atom stereocenters. The zero-order valence-corrected chi connectivity index (χ0v) is 12.6. The summed E-state index contributed by atoms with van der Waals surface area (Å²) in [5, 5.41) is 11.9. The number of hydrogen-bond donors (Lipinski definition) is 2. The number of sulfonamides is 1. The number of carbonyl (C=O) groups excluding carboxylic acids is 1. The second-order valence-electron chi connectivity index (χ2n) is 5.39. The van der Waals surface area contributed by atoms with Crippen LogP contribution in [-0.2, 0) is 14.8 Å². The van der Waals surface area contributed by atoms with E-state index in [2.05, 4.69) is 5.32 Å². The van der Waals surface area contributed by atoms with Crippen LogP contribution in [0.2, 0.25) is 0 Å². The van der Waals surface area contributed by atoms with Crippen molar-refractivity contribution >= 4 is 15.9 Å². The molecule has 0 aromatic heterocycles. The van der Waals surface area contributed by atoms with Crippen molar-refractivity contribution in [2.24, 2.45) is 11.8 Å². The van der Waals surface area contributed by atoms with Gasteiger partial charge in [-0.25, -0.2) is 12.7 Å². The zero-order chi connectivity index (χ0) is 14.6. The van der Waals surface area contributed by atoms with Crippen molar-refractivity contribution in [3.05, 3.63) is 0 Å². The summed E-state index contributed by atoms with van der Waals surface area (Å²) in [6.45, 7) is 4.58. The third-order valence-electron chi connectivity index (χ3n) is 3.81. The van der Waals surface area contributed by atoms with Gasteiger partial charge in [0.2, 0.25) is 15.9 Å². The van der Waals surface area contributed by atoms with Crippen molar-refractivity contribution in [3.63, 3.8) is 0 Å². The lowest BCUT2D eigenvalue weighted by Gasteiger charge is -2.30. The topological polar surface area (TPSA) is 86.7 Å². The Labute approximate surface area is 115 Å². The van der Waals surface area contributed by atoms with E-state index in [1.807, 2.05) is 13.8 Å². The fourth-order valence-electron chi connectivity index (χ4n) is 2.09. The number of carbonyl (C=O) groups is 1. The molecular formula is C12H24N2O4S. The average Bonchev–Trinajstić information content (AvgIpc) is 2.36. The van der Waals surface area contributed by atoms with Crippen LogP contribution >= 0.6 is 0 Å². The van der Waals surface area contributed by atoms with Gasteiger partial charge in [-0.1, -0.05) is 6.92 Å². The van der Waals surface area contributed by atoms with Gasteiger partial charge in [0.1, 0.15) is 0 Å². The summed E-state index contributed by atoms with van der Waals surface area (Å²) < 4.78 is 24.1. The van der Waals surface area contributed by atoms with E-state index >= 15 is 0 Å². The van der Waals surface area contributed by atoms with Gasteiger partial charge in [-0.2, -0.15) is 0 Å². The lowest BCUT2D eigenvalue weighted by molar-refractivity contribution is -0.127. The monoisotopic (exact) mass is 292 g/mol. The summed E-state index contributed by atoms with van der Waals surface area (Å²) in [5.41, 5.74) is 0. The van der Waals surface area contributed by atoms with Gasteiger partial charge in [0, 0.05) is 31.7 Å². The Morgan fingerprint density at radius 2 is 1.89 bits per heavy atom. The molecule has 112 valence electrons. The number of aliphatic hydroxyl groups is 1. The van der Waals surface area contributed by atoms with E-state index in [1.165, 1.54) is 10.6 Å². The first-order chi connectivity index (χ1) is 8.75. The fraction of sp³-hybridized carbons (Fsp3) is 0.917. The lowest BCUT2D eigenvalue weighted by Crippen LogP contribution is -2.46. The highest BCUT2D eigenvalue weighted by molar-refractivity contribution is 7.88. The molecule has 2 N–H and O–H groups in total. The van der Waals surface area contributed by atoms with Crippen LogP contribution in [0.3, 0.4) is 0 Å². The maximum absolute atomic E-state index is 12.0. The Balaban J connectivity index is 2.45. The zero-order valence-electron chi connectivity index (χ0n) is 11.8. The molecule has 1 amide bonds. The van der Waals surface area contributed by atoms with Gasteiger partial charge >= 0.3 is 0 Å². The molecule has 0 aliphatic carbocycles. The number of piperidine rings is 1. The number of nitrogens with zero attached hydrogens (tertiary/aromatic N) is 1. The first-order valence-electron chi connectivity index (χ1n) is 6.62. The van der Waals surface area contributed by atoms with E-state index in [9.17, 15) is 13.2 Å². The number of aliphatic hydroxyl groups excluding tert-OH is 1. The molecule has 7 heteroatoms. The summed E-state index contributed by atoms with van der Waals surface area (Å²) in [6, 6.07) is -0.0783. The van der Waals surface area contributed by atoms with Gasteiger partial charge in [0.15, 0.2) is 0 Å². The molecule has 19 heavy (non-hydrogen) atoms. The average molecular weight is 292 g/mol. The molecule has 0 aromatic rings. The summed E-state index contributed by atoms with van der Waals surface area (Å²) in [7, 11) is -3.15. The first kappa shape index (κ1) is 16.4. The number of amides is 1. The third kappa shape index (κ3) is 4.74. The number of nitrogens with one attached hydrogen (secondary N) is 1. The minimum Gasteiger partial charge on any atom is -0.396 e. The van der Waals surface area contributed by atoms with Crippen LogP contribution in [0, 0.1) is 11.8 Å². The van der Waals surface area contributed by atoms with Crippen molar-refractivity contribution in [2.75, 3.05) is 26.0 Å². The molecule has 0 radical (unpaired) electrons. The SMILES string of the molecule is CC(CO)C(C)NC(=O)C1CCN(S(C)(=O)=O)CC1. The molecule has 1 rings (SSSR count). The Hall–Kier alpha value is -0.660. The molecular weight excluding hydrogens is 268 g/mol. The largest absolute Gasteiger partial charge is 0.396 e. The highest BCUT2D eigenvalue weighted by atomic mass is 32.2. The van der Waals surface area contributed by atoms with Gasteiger partial charge in [0.05, 0.1) is 6.26 Å². The van der Waals surface area contributed by atoms with E-state index in [0.717, 1.165) is 0 Å². The van der Waals surface area contributed by atoms with Crippen molar-refractivity contribution in [1.82, 2.24) is 9.62 Å². The first-order valence-corrected chi connectivity index (χ1v) is 8.47. The van der Waals surface area contributed by atoms with Crippen LogP contribution in [0.25, 0.3) is 0 Å². The van der Waals surface area contributed by atoms with Crippen LogP contribution in [-0.4, -0.2) is 55.7 Å². The maximum atomic E-state index is 12.0. The second kappa shape index (κ2) is 6.67. The summed E-state index contributed by atoms with van der Waals surface area (Å²) in [6.07, 6.45) is 2.30. The molecule has 1 heterocycles. The standard InChI is InChI=1S/C12H24N2O4S/c1-9(8-15)10(2)13-12(16)11-4-6-14(7-5-11)19(3,17)18/h9-11,15H,4-8H2,1-3H3,(H,13,16). The fourth-order valence-corrected chi connectivity index (χ4v) is 2.97. The molecule has 0 aromatic carbocycles. The number of rotatable bonds is 5. The van der Waals surface area contributed by atoms with E-state index in [0.29, 0.717) is 25.9 Å². The smallest absolute Gasteiger partial charge is 0.223 e. The predicted octanol–water partition coefficient (Wildman–Crippen LogP) is -0.209. The predicted molar refractivity (Wildman–Crippen MR) is 73.0 cm³/mol. The molecule has 6 nitrogen and oxygen atoms in total. The van der Waals surface area contributed by atoms with Gasteiger partial charge in [-0.15, -0.1) is 0 Å². The van der Waals surface area contributed by atoms with Crippen molar-refractivity contribution in [1.29, 1.82) is 0 Å². The van der Waals surface area contributed by atoms with Gasteiger partial charge in [-0.3, -0.25) is 4.79 Å². The van der Waals surface area contributed by atoms with Crippen LogP contribution in [0.1, 0.15) is 26.7 Å². The summed E-state index contributed by atoms with van der Waals surface area (Å²) in [5.74, 6) is -0.160. The lowest BCUT2D eigenvalue weighted by atomic mass is 9.96. The minimum atomic E-state index is -3.15. The molecule has 2 unspecified atom stereocenters. The highest BCUT2D eigenvalue weighted by Gasteiger charge is 2.29. The Kier molecular flexibility index (Phi) is 5.76. The van der Waals surface area contributed by atoms with E-state index in [-0.39, 0.29) is 30.4 Å². The third-order valence-corrected chi connectivity index (χ3v) is 5.11. The molecule has 0 saturated carbocycles. The molecule has 1 fully saturated rings. The minimum absolute atomic E-state index is 0.0139. The summed E-state index contributed by atoms with van der Waals surface area (Å²) >= 11 is 0. The Morgan fingerprint density at radius 3 is 2.32 bits per heavy atom. The van der Waals surface area contributed by atoms with Gasteiger partial charge in [-0.05, 0) is 25.7 Å².